The molecule has 0 aliphatic carbocycles. The molecule has 0 saturated carbocycles. The molecule has 1 rings (SSSR count). The van der Waals surface area contributed by atoms with Crippen molar-refractivity contribution >= 4 is 0 Å². The van der Waals surface area contributed by atoms with E-state index in [-0.39, 0.29) is 0 Å². The van der Waals surface area contributed by atoms with Gasteiger partial charge in [0.2, 0.25) is 0 Å². The van der Waals surface area contributed by atoms with Gasteiger partial charge in [0.05, 0.1) is 14.2 Å². The van der Waals surface area contributed by atoms with Crippen LogP contribution in [0.3, 0.4) is 0 Å². The number of hydrogen-bond acceptors (Lipinski definition) is 4. The van der Waals surface area contributed by atoms with Gasteiger partial charge in [0.25, 0.3) is 0 Å². The van der Waals surface area contributed by atoms with Crippen molar-refractivity contribution < 1.29 is 9.47 Å². The monoisotopic (exact) mass is 266 g/mol. The fourth-order valence-corrected chi connectivity index (χ4v) is 2.09. The second-order valence-corrected chi connectivity index (χ2v) is 4.82. The number of rotatable bonds is 8. The van der Waals surface area contributed by atoms with E-state index in [1.807, 2.05) is 6.07 Å². The predicted molar refractivity (Wildman–Crippen MR) is 79.1 cm³/mol. The smallest absolute Gasteiger partial charge is 0.161 e. The molecule has 0 saturated heterocycles. The minimum atomic E-state index is 0.340. The zero-order valence-corrected chi connectivity index (χ0v) is 12.7. The van der Waals surface area contributed by atoms with Gasteiger partial charge in [-0.3, -0.25) is 0 Å². The Morgan fingerprint density at radius 3 is 2.37 bits per heavy atom. The number of nitrogens with zero attached hydrogens (tertiary/aromatic N) is 1. The topological polar surface area (TPSA) is 33.7 Å². The molecule has 0 spiro atoms. The van der Waals surface area contributed by atoms with Crippen LogP contribution in [0.5, 0.6) is 11.5 Å². The van der Waals surface area contributed by atoms with Gasteiger partial charge in [-0.1, -0.05) is 13.0 Å². The average Bonchev–Trinajstić information content (AvgIpc) is 2.42. The molecule has 1 N–H and O–H groups in total. The first-order valence-electron chi connectivity index (χ1n) is 6.72. The zero-order valence-electron chi connectivity index (χ0n) is 12.7. The summed E-state index contributed by atoms with van der Waals surface area (Å²) in [5, 5.41) is 3.52. The predicted octanol–water partition coefficient (Wildman–Crippen LogP) is 2.31. The molecular formula is C15H26N2O2. The van der Waals surface area contributed by atoms with Gasteiger partial charge >= 0.3 is 0 Å². The number of hydrogen-bond donors (Lipinski definition) is 1. The van der Waals surface area contributed by atoms with Crippen LogP contribution < -0.4 is 14.8 Å². The van der Waals surface area contributed by atoms with Gasteiger partial charge in [0, 0.05) is 6.04 Å². The second-order valence-electron chi connectivity index (χ2n) is 4.82. The van der Waals surface area contributed by atoms with Crippen molar-refractivity contribution in [1.29, 1.82) is 0 Å². The van der Waals surface area contributed by atoms with Gasteiger partial charge in [-0.15, -0.1) is 0 Å². The summed E-state index contributed by atoms with van der Waals surface area (Å²) in [7, 11) is 7.52. The summed E-state index contributed by atoms with van der Waals surface area (Å²) in [6.07, 6.45) is 1.07. The SMILES string of the molecule is CCNC(CCN(C)C)c1ccc(OC)c(OC)c1. The Hall–Kier alpha value is -1.26. The Morgan fingerprint density at radius 2 is 1.84 bits per heavy atom. The van der Waals surface area contributed by atoms with Crippen LogP contribution in [-0.4, -0.2) is 46.3 Å². The molecule has 108 valence electrons. The normalized spacial score (nSPS) is 12.5. The summed E-state index contributed by atoms with van der Waals surface area (Å²) in [4.78, 5) is 2.20. The van der Waals surface area contributed by atoms with E-state index in [9.17, 15) is 0 Å². The van der Waals surface area contributed by atoms with E-state index in [4.69, 9.17) is 9.47 Å². The summed E-state index contributed by atoms with van der Waals surface area (Å²) in [5.41, 5.74) is 1.24. The van der Waals surface area contributed by atoms with Crippen molar-refractivity contribution in [2.24, 2.45) is 0 Å². The van der Waals surface area contributed by atoms with Crippen LogP contribution in [0.15, 0.2) is 18.2 Å². The van der Waals surface area contributed by atoms with Crippen LogP contribution in [0.25, 0.3) is 0 Å². The summed E-state index contributed by atoms with van der Waals surface area (Å²) >= 11 is 0. The van der Waals surface area contributed by atoms with Crippen molar-refractivity contribution in [3.8, 4) is 11.5 Å². The number of ether oxygens (including phenoxy) is 2. The minimum Gasteiger partial charge on any atom is -0.493 e. The van der Waals surface area contributed by atoms with Crippen LogP contribution in [-0.2, 0) is 0 Å². The standard InChI is InChI=1S/C15H26N2O2/c1-6-16-13(9-10-17(2)3)12-7-8-14(18-4)15(11-12)19-5/h7-8,11,13,16H,6,9-10H2,1-5H3. The lowest BCUT2D eigenvalue weighted by Gasteiger charge is -2.21. The maximum Gasteiger partial charge on any atom is 0.161 e. The minimum absolute atomic E-state index is 0.340. The molecule has 1 atom stereocenters. The first-order chi connectivity index (χ1) is 9.12. The van der Waals surface area contributed by atoms with Crippen molar-refractivity contribution in [3.63, 3.8) is 0 Å². The molecule has 1 unspecified atom stereocenters. The quantitative estimate of drug-likeness (QED) is 0.783. The Morgan fingerprint density at radius 1 is 1.16 bits per heavy atom. The van der Waals surface area contributed by atoms with Crippen molar-refractivity contribution in [2.75, 3.05) is 41.4 Å². The summed E-state index contributed by atoms with van der Waals surface area (Å²) < 4.78 is 10.6. The molecule has 4 nitrogen and oxygen atoms in total. The Balaban J connectivity index is 2.88. The lowest BCUT2D eigenvalue weighted by atomic mass is 10.0. The van der Waals surface area contributed by atoms with Crippen LogP contribution in [0.2, 0.25) is 0 Å². The van der Waals surface area contributed by atoms with E-state index in [0.717, 1.165) is 31.0 Å². The van der Waals surface area contributed by atoms with Gasteiger partial charge in [0.1, 0.15) is 0 Å². The summed E-state index contributed by atoms with van der Waals surface area (Å²) in [6.45, 7) is 4.13. The highest BCUT2D eigenvalue weighted by Crippen LogP contribution is 2.30. The van der Waals surface area contributed by atoms with Crippen LogP contribution in [0.4, 0.5) is 0 Å². The number of nitrogens with one attached hydrogen (secondary N) is 1. The highest BCUT2D eigenvalue weighted by molar-refractivity contribution is 5.43. The van der Waals surface area contributed by atoms with Gasteiger partial charge in [-0.05, 0) is 51.3 Å². The fourth-order valence-electron chi connectivity index (χ4n) is 2.09. The van der Waals surface area contributed by atoms with Gasteiger partial charge < -0.3 is 19.7 Å². The molecule has 4 heteroatoms. The number of benzene rings is 1. The Kier molecular flexibility index (Phi) is 6.67. The lowest BCUT2D eigenvalue weighted by Crippen LogP contribution is -2.25. The molecule has 0 bridgehead atoms. The fraction of sp³-hybridized carbons (Fsp3) is 0.600. The Bertz CT molecular complexity index is 380. The van der Waals surface area contributed by atoms with Crippen molar-refractivity contribution in [3.05, 3.63) is 23.8 Å². The maximum absolute atomic E-state index is 5.37. The van der Waals surface area contributed by atoms with Crippen LogP contribution >= 0.6 is 0 Å². The number of methoxy groups -OCH3 is 2. The van der Waals surface area contributed by atoms with Crippen LogP contribution in [0.1, 0.15) is 24.9 Å². The molecule has 1 aromatic carbocycles. The largest absolute Gasteiger partial charge is 0.493 e. The molecule has 0 radical (unpaired) electrons. The third kappa shape index (κ3) is 4.73. The molecule has 0 aliphatic heterocycles. The van der Waals surface area contributed by atoms with Crippen molar-refractivity contribution in [2.45, 2.75) is 19.4 Å². The molecule has 0 amide bonds. The van der Waals surface area contributed by atoms with Crippen molar-refractivity contribution in [1.82, 2.24) is 10.2 Å². The molecule has 0 aliphatic rings. The van der Waals surface area contributed by atoms with E-state index < -0.39 is 0 Å². The molecule has 0 fully saturated rings. The third-order valence-corrected chi connectivity index (χ3v) is 3.13. The highest BCUT2D eigenvalue weighted by atomic mass is 16.5. The van der Waals surface area contributed by atoms with E-state index in [1.54, 1.807) is 14.2 Å². The van der Waals surface area contributed by atoms with E-state index >= 15 is 0 Å². The third-order valence-electron chi connectivity index (χ3n) is 3.13. The zero-order chi connectivity index (χ0) is 14.3. The molecule has 1 aromatic rings. The maximum atomic E-state index is 5.37. The molecular weight excluding hydrogens is 240 g/mol. The average molecular weight is 266 g/mol. The van der Waals surface area contributed by atoms with E-state index in [2.05, 4.69) is 43.4 Å². The molecule has 0 aromatic heterocycles. The molecule has 0 heterocycles. The lowest BCUT2D eigenvalue weighted by molar-refractivity contribution is 0.349. The van der Waals surface area contributed by atoms with Gasteiger partial charge in [-0.2, -0.15) is 0 Å². The van der Waals surface area contributed by atoms with E-state index in [0.29, 0.717) is 6.04 Å². The van der Waals surface area contributed by atoms with Gasteiger partial charge in [0.15, 0.2) is 11.5 Å². The summed E-state index contributed by atoms with van der Waals surface area (Å²) in [6, 6.07) is 6.47. The Labute approximate surface area is 116 Å². The van der Waals surface area contributed by atoms with E-state index in [1.165, 1.54) is 5.56 Å². The van der Waals surface area contributed by atoms with Gasteiger partial charge in [-0.25, -0.2) is 0 Å². The summed E-state index contributed by atoms with van der Waals surface area (Å²) in [5.74, 6) is 1.56. The highest BCUT2D eigenvalue weighted by Gasteiger charge is 2.13. The van der Waals surface area contributed by atoms with Crippen LogP contribution in [0, 0.1) is 0 Å². The second kappa shape index (κ2) is 8.02. The molecule has 19 heavy (non-hydrogen) atoms. The first kappa shape index (κ1) is 15.8. The first-order valence-corrected chi connectivity index (χ1v) is 6.72.